The molecule has 5 nitrogen and oxygen atoms in total. The van der Waals surface area contributed by atoms with E-state index in [0.29, 0.717) is 17.8 Å². The molecule has 1 rings (SSSR count). The van der Waals surface area contributed by atoms with Crippen LogP contribution in [0.3, 0.4) is 0 Å². The van der Waals surface area contributed by atoms with Crippen molar-refractivity contribution in [2.45, 2.75) is 6.42 Å². The third-order valence-corrected chi connectivity index (χ3v) is 2.75. The second-order valence-corrected chi connectivity index (χ2v) is 4.23. The van der Waals surface area contributed by atoms with Gasteiger partial charge in [0, 0.05) is 33.1 Å². The SMILES string of the molecule is CNC(=O)CCN(C)c1ccc(/C=C/C(=O)O)cc1F. The van der Waals surface area contributed by atoms with Gasteiger partial charge in [-0.15, -0.1) is 0 Å². The van der Waals surface area contributed by atoms with E-state index in [0.717, 1.165) is 6.08 Å². The van der Waals surface area contributed by atoms with Gasteiger partial charge in [-0.2, -0.15) is 0 Å². The van der Waals surface area contributed by atoms with Crippen molar-refractivity contribution in [3.8, 4) is 0 Å². The van der Waals surface area contributed by atoms with Crippen LogP contribution in [0.4, 0.5) is 10.1 Å². The van der Waals surface area contributed by atoms with Crippen molar-refractivity contribution in [2.75, 3.05) is 25.5 Å². The van der Waals surface area contributed by atoms with Crippen molar-refractivity contribution in [3.63, 3.8) is 0 Å². The van der Waals surface area contributed by atoms with Gasteiger partial charge in [0.2, 0.25) is 5.91 Å². The Kier molecular flexibility index (Phi) is 5.71. The second-order valence-electron chi connectivity index (χ2n) is 4.23. The maximum absolute atomic E-state index is 13.9. The maximum Gasteiger partial charge on any atom is 0.328 e. The summed E-state index contributed by atoms with van der Waals surface area (Å²) in [4.78, 5) is 23.2. The van der Waals surface area contributed by atoms with E-state index in [4.69, 9.17) is 5.11 Å². The van der Waals surface area contributed by atoms with Gasteiger partial charge in [0.25, 0.3) is 0 Å². The minimum atomic E-state index is -1.09. The van der Waals surface area contributed by atoms with Gasteiger partial charge in [-0.3, -0.25) is 4.79 Å². The number of aliphatic carboxylic acids is 1. The highest BCUT2D eigenvalue weighted by molar-refractivity contribution is 5.85. The van der Waals surface area contributed by atoms with Gasteiger partial charge in [0.1, 0.15) is 5.82 Å². The molecule has 0 unspecified atom stereocenters. The lowest BCUT2D eigenvalue weighted by Crippen LogP contribution is -2.26. The molecule has 0 aliphatic rings. The number of nitrogens with one attached hydrogen (secondary N) is 1. The molecule has 1 aromatic rings. The Morgan fingerprint density at radius 1 is 1.45 bits per heavy atom. The van der Waals surface area contributed by atoms with Crippen LogP contribution in [-0.2, 0) is 9.59 Å². The largest absolute Gasteiger partial charge is 0.478 e. The molecule has 0 radical (unpaired) electrons. The molecule has 0 spiro atoms. The lowest BCUT2D eigenvalue weighted by atomic mass is 10.1. The van der Waals surface area contributed by atoms with Crippen molar-refractivity contribution in [2.24, 2.45) is 0 Å². The van der Waals surface area contributed by atoms with Crippen LogP contribution in [0.2, 0.25) is 0 Å². The molecule has 0 aliphatic carbocycles. The Bertz CT molecular complexity index is 529. The molecular formula is C14H17FN2O3. The van der Waals surface area contributed by atoms with Gasteiger partial charge in [-0.05, 0) is 23.8 Å². The summed E-state index contributed by atoms with van der Waals surface area (Å²) in [6.07, 6.45) is 2.54. The molecule has 0 saturated heterocycles. The zero-order chi connectivity index (χ0) is 15.1. The Balaban J connectivity index is 2.76. The summed E-state index contributed by atoms with van der Waals surface area (Å²) in [6.45, 7) is 0.390. The summed E-state index contributed by atoms with van der Waals surface area (Å²) in [6, 6.07) is 4.43. The normalized spacial score (nSPS) is 10.6. The van der Waals surface area contributed by atoms with E-state index in [-0.39, 0.29) is 12.3 Å². The average molecular weight is 280 g/mol. The Morgan fingerprint density at radius 2 is 2.15 bits per heavy atom. The fourth-order valence-electron chi connectivity index (χ4n) is 1.62. The van der Waals surface area contributed by atoms with Crippen LogP contribution in [0, 0.1) is 5.82 Å². The van der Waals surface area contributed by atoms with Crippen molar-refractivity contribution < 1.29 is 19.1 Å². The van der Waals surface area contributed by atoms with Crippen LogP contribution in [0.25, 0.3) is 6.08 Å². The average Bonchev–Trinajstić information content (AvgIpc) is 2.42. The van der Waals surface area contributed by atoms with Crippen LogP contribution >= 0.6 is 0 Å². The molecule has 0 aliphatic heterocycles. The summed E-state index contributed by atoms with van der Waals surface area (Å²) < 4.78 is 13.9. The summed E-state index contributed by atoms with van der Waals surface area (Å²) in [5.74, 6) is -1.66. The van der Waals surface area contributed by atoms with Crippen LogP contribution in [0.5, 0.6) is 0 Å². The lowest BCUT2D eigenvalue weighted by Gasteiger charge is -2.19. The highest BCUT2D eigenvalue weighted by Crippen LogP contribution is 2.20. The quantitative estimate of drug-likeness (QED) is 0.775. The van der Waals surface area contributed by atoms with Gasteiger partial charge in [-0.1, -0.05) is 6.07 Å². The molecule has 2 N–H and O–H groups in total. The predicted molar refractivity (Wildman–Crippen MR) is 75.0 cm³/mol. The van der Waals surface area contributed by atoms with E-state index >= 15 is 0 Å². The zero-order valence-corrected chi connectivity index (χ0v) is 11.4. The number of carboxylic acids is 1. The minimum Gasteiger partial charge on any atom is -0.478 e. The molecule has 108 valence electrons. The van der Waals surface area contributed by atoms with Gasteiger partial charge in [0.15, 0.2) is 0 Å². The highest BCUT2D eigenvalue weighted by atomic mass is 19.1. The van der Waals surface area contributed by atoms with E-state index in [2.05, 4.69) is 5.32 Å². The first-order valence-corrected chi connectivity index (χ1v) is 6.06. The van der Waals surface area contributed by atoms with Gasteiger partial charge in [-0.25, -0.2) is 9.18 Å². The van der Waals surface area contributed by atoms with Crippen molar-refractivity contribution >= 4 is 23.6 Å². The molecule has 1 aromatic carbocycles. The van der Waals surface area contributed by atoms with Gasteiger partial charge in [0.05, 0.1) is 5.69 Å². The number of carboxylic acid groups (broad SMARTS) is 1. The summed E-state index contributed by atoms with van der Waals surface area (Å²) in [5.41, 5.74) is 0.828. The number of anilines is 1. The van der Waals surface area contributed by atoms with Crippen LogP contribution in [0.15, 0.2) is 24.3 Å². The van der Waals surface area contributed by atoms with Crippen LogP contribution < -0.4 is 10.2 Å². The first kappa shape index (κ1) is 15.7. The number of hydrogen-bond donors (Lipinski definition) is 2. The lowest BCUT2D eigenvalue weighted by molar-refractivity contribution is -0.131. The number of benzene rings is 1. The van der Waals surface area contributed by atoms with E-state index in [1.54, 1.807) is 31.1 Å². The first-order chi connectivity index (χ1) is 9.43. The number of carbonyl (C=O) groups excluding carboxylic acids is 1. The van der Waals surface area contributed by atoms with Crippen LogP contribution in [-0.4, -0.2) is 37.6 Å². The topological polar surface area (TPSA) is 69.6 Å². The standard InChI is InChI=1S/C14H17FN2O3/c1-16-13(18)7-8-17(2)12-5-3-10(9-11(12)15)4-6-14(19)20/h3-6,9H,7-8H2,1-2H3,(H,16,18)(H,19,20)/b6-4+. The van der Waals surface area contributed by atoms with Crippen molar-refractivity contribution in [1.82, 2.24) is 5.32 Å². The Labute approximate surface area is 116 Å². The monoisotopic (exact) mass is 280 g/mol. The minimum absolute atomic E-state index is 0.113. The number of amides is 1. The van der Waals surface area contributed by atoms with Gasteiger partial charge < -0.3 is 15.3 Å². The highest BCUT2D eigenvalue weighted by Gasteiger charge is 2.09. The van der Waals surface area contributed by atoms with E-state index < -0.39 is 11.8 Å². The molecule has 1 amide bonds. The molecular weight excluding hydrogens is 263 g/mol. The van der Waals surface area contributed by atoms with Crippen LogP contribution in [0.1, 0.15) is 12.0 Å². The number of halogens is 1. The van der Waals surface area contributed by atoms with E-state index in [1.165, 1.54) is 12.1 Å². The zero-order valence-electron chi connectivity index (χ0n) is 11.4. The number of carbonyl (C=O) groups is 2. The summed E-state index contributed by atoms with van der Waals surface area (Å²) in [5, 5.41) is 11.0. The van der Waals surface area contributed by atoms with E-state index in [1.807, 2.05) is 0 Å². The molecule has 0 fully saturated rings. The molecule has 6 heteroatoms. The molecule has 0 saturated carbocycles. The molecule has 0 bridgehead atoms. The molecule has 0 heterocycles. The fourth-order valence-corrected chi connectivity index (χ4v) is 1.62. The van der Waals surface area contributed by atoms with Crippen molar-refractivity contribution in [1.29, 1.82) is 0 Å². The predicted octanol–water partition coefficient (Wildman–Crippen LogP) is 1.50. The number of rotatable bonds is 6. The fraction of sp³-hybridized carbons (Fsp3) is 0.286. The Hall–Kier alpha value is -2.37. The summed E-state index contributed by atoms with van der Waals surface area (Å²) in [7, 11) is 3.24. The summed E-state index contributed by atoms with van der Waals surface area (Å²) >= 11 is 0. The molecule has 0 atom stereocenters. The maximum atomic E-state index is 13.9. The third kappa shape index (κ3) is 4.72. The number of hydrogen-bond acceptors (Lipinski definition) is 3. The molecule has 0 aromatic heterocycles. The first-order valence-electron chi connectivity index (χ1n) is 6.06. The Morgan fingerprint density at radius 3 is 2.70 bits per heavy atom. The number of nitrogens with zero attached hydrogens (tertiary/aromatic N) is 1. The smallest absolute Gasteiger partial charge is 0.328 e. The second kappa shape index (κ2) is 7.28. The third-order valence-electron chi connectivity index (χ3n) is 2.75. The van der Waals surface area contributed by atoms with E-state index in [9.17, 15) is 14.0 Å². The molecule has 20 heavy (non-hydrogen) atoms. The van der Waals surface area contributed by atoms with Gasteiger partial charge >= 0.3 is 5.97 Å². The van der Waals surface area contributed by atoms with Crippen molar-refractivity contribution in [3.05, 3.63) is 35.7 Å².